The first-order chi connectivity index (χ1) is 4.70. The Balaban J connectivity index is 3.38. The lowest BCUT2D eigenvalue weighted by Gasteiger charge is -2.09. The van der Waals surface area contributed by atoms with E-state index in [2.05, 4.69) is 11.4 Å². The molecule has 10 heavy (non-hydrogen) atoms. The smallest absolute Gasteiger partial charge is 0.0951 e. The summed E-state index contributed by atoms with van der Waals surface area (Å²) in [5.74, 6) is 0. The molecule has 0 saturated heterocycles. The van der Waals surface area contributed by atoms with Crippen molar-refractivity contribution in [3.05, 3.63) is 0 Å². The maximum absolute atomic E-state index is 8.82. The number of aliphatic hydroxyl groups is 1. The summed E-state index contributed by atoms with van der Waals surface area (Å²) in [4.78, 5) is 0. The van der Waals surface area contributed by atoms with Crippen LogP contribution in [0.3, 0.4) is 0 Å². The molecular weight excluding hydrogens is 128 g/mol. The Morgan fingerprint density at radius 1 is 1.70 bits per heavy atom. The highest BCUT2D eigenvalue weighted by Crippen LogP contribution is 1.87. The summed E-state index contributed by atoms with van der Waals surface area (Å²) in [5.41, 5.74) is 0. The summed E-state index contributed by atoms with van der Waals surface area (Å²) >= 11 is 0. The molecule has 3 heteroatoms. The Hall–Kier alpha value is -0.590. The van der Waals surface area contributed by atoms with E-state index in [9.17, 15) is 0 Å². The molecule has 0 fully saturated rings. The standard InChI is InChI=1S/C7H14N2O/c1-3-7(4-8)9-5-6(2)10/h6-7,9-10H,3,5H2,1-2H3. The molecular formula is C7H14N2O. The van der Waals surface area contributed by atoms with Gasteiger partial charge < -0.3 is 5.11 Å². The van der Waals surface area contributed by atoms with Crippen molar-refractivity contribution in [3.63, 3.8) is 0 Å². The van der Waals surface area contributed by atoms with E-state index >= 15 is 0 Å². The minimum absolute atomic E-state index is 0.116. The molecule has 0 aromatic heterocycles. The van der Waals surface area contributed by atoms with Crippen LogP contribution in [0.15, 0.2) is 0 Å². The van der Waals surface area contributed by atoms with Crippen molar-refractivity contribution < 1.29 is 5.11 Å². The molecule has 0 aliphatic carbocycles. The molecule has 0 aromatic carbocycles. The van der Waals surface area contributed by atoms with Crippen molar-refractivity contribution in [2.45, 2.75) is 32.4 Å². The molecule has 0 rings (SSSR count). The van der Waals surface area contributed by atoms with Crippen molar-refractivity contribution in [3.8, 4) is 6.07 Å². The normalized spacial score (nSPS) is 15.8. The zero-order valence-corrected chi connectivity index (χ0v) is 6.46. The summed E-state index contributed by atoms with van der Waals surface area (Å²) in [6.45, 7) is 4.12. The molecule has 0 radical (unpaired) electrons. The molecule has 0 aliphatic rings. The number of nitrogens with zero attached hydrogens (tertiary/aromatic N) is 1. The van der Waals surface area contributed by atoms with Crippen molar-refractivity contribution in [2.24, 2.45) is 0 Å². The van der Waals surface area contributed by atoms with E-state index in [4.69, 9.17) is 10.4 Å². The van der Waals surface area contributed by atoms with Crippen molar-refractivity contribution in [2.75, 3.05) is 6.54 Å². The maximum Gasteiger partial charge on any atom is 0.0951 e. The fourth-order valence-corrected chi connectivity index (χ4v) is 0.594. The second-order valence-corrected chi connectivity index (χ2v) is 2.35. The molecule has 0 saturated carbocycles. The fraction of sp³-hybridized carbons (Fsp3) is 0.857. The van der Waals surface area contributed by atoms with Crippen LogP contribution in [-0.4, -0.2) is 23.8 Å². The van der Waals surface area contributed by atoms with E-state index in [-0.39, 0.29) is 12.1 Å². The van der Waals surface area contributed by atoms with Crippen molar-refractivity contribution in [1.82, 2.24) is 5.32 Å². The van der Waals surface area contributed by atoms with Crippen molar-refractivity contribution >= 4 is 0 Å². The van der Waals surface area contributed by atoms with Gasteiger partial charge in [-0.15, -0.1) is 0 Å². The summed E-state index contributed by atoms with van der Waals surface area (Å²) in [6, 6.07) is 1.97. The van der Waals surface area contributed by atoms with E-state index in [1.807, 2.05) is 6.92 Å². The SMILES string of the molecule is CCC(C#N)NCC(C)O. The Bertz CT molecular complexity index is 117. The maximum atomic E-state index is 8.82. The third kappa shape index (κ3) is 4.30. The van der Waals surface area contributed by atoms with E-state index < -0.39 is 0 Å². The molecule has 0 bridgehead atoms. The van der Waals surface area contributed by atoms with Gasteiger partial charge in [-0.2, -0.15) is 5.26 Å². The Morgan fingerprint density at radius 2 is 2.30 bits per heavy atom. The number of hydrogen-bond donors (Lipinski definition) is 2. The zero-order chi connectivity index (χ0) is 7.98. The molecule has 0 spiro atoms. The molecule has 0 heterocycles. The van der Waals surface area contributed by atoms with Gasteiger partial charge in [-0.05, 0) is 13.3 Å². The van der Waals surface area contributed by atoms with Crippen LogP contribution in [0.5, 0.6) is 0 Å². The van der Waals surface area contributed by atoms with Gasteiger partial charge in [0.15, 0.2) is 0 Å². The van der Waals surface area contributed by atoms with E-state index in [1.165, 1.54) is 0 Å². The molecule has 2 atom stereocenters. The molecule has 2 N–H and O–H groups in total. The minimum atomic E-state index is -0.373. The Labute approximate surface area is 61.7 Å². The summed E-state index contributed by atoms with van der Waals surface area (Å²) in [7, 11) is 0. The first-order valence-electron chi connectivity index (χ1n) is 3.51. The van der Waals surface area contributed by atoms with Crippen LogP contribution in [0.1, 0.15) is 20.3 Å². The summed E-state index contributed by atoms with van der Waals surface area (Å²) < 4.78 is 0. The molecule has 0 aromatic rings. The first kappa shape index (κ1) is 9.41. The number of hydrogen-bond acceptors (Lipinski definition) is 3. The molecule has 3 nitrogen and oxygen atoms in total. The highest BCUT2D eigenvalue weighted by Gasteiger charge is 2.03. The Morgan fingerprint density at radius 3 is 2.60 bits per heavy atom. The number of nitriles is 1. The topological polar surface area (TPSA) is 56.0 Å². The van der Waals surface area contributed by atoms with Gasteiger partial charge in [0.05, 0.1) is 18.2 Å². The first-order valence-corrected chi connectivity index (χ1v) is 3.51. The third-order valence-electron chi connectivity index (χ3n) is 1.22. The van der Waals surface area contributed by atoms with E-state index in [1.54, 1.807) is 6.92 Å². The van der Waals surface area contributed by atoms with Crippen LogP contribution in [0.2, 0.25) is 0 Å². The molecule has 2 unspecified atom stereocenters. The third-order valence-corrected chi connectivity index (χ3v) is 1.22. The summed E-state index contributed by atoms with van der Waals surface area (Å²) in [6.07, 6.45) is 0.408. The average molecular weight is 142 g/mol. The predicted octanol–water partition coefficient (Wildman–Crippen LogP) is 0.259. The second-order valence-electron chi connectivity index (χ2n) is 2.35. The lowest BCUT2D eigenvalue weighted by Crippen LogP contribution is -2.32. The van der Waals surface area contributed by atoms with Gasteiger partial charge in [-0.25, -0.2) is 0 Å². The van der Waals surface area contributed by atoms with Crippen LogP contribution in [-0.2, 0) is 0 Å². The molecule has 0 aliphatic heterocycles. The minimum Gasteiger partial charge on any atom is -0.392 e. The van der Waals surface area contributed by atoms with Crippen molar-refractivity contribution in [1.29, 1.82) is 5.26 Å². The lowest BCUT2D eigenvalue weighted by molar-refractivity contribution is 0.188. The molecule has 0 amide bonds. The summed E-state index contributed by atoms with van der Waals surface area (Å²) in [5, 5.41) is 20.2. The van der Waals surface area contributed by atoms with Crippen LogP contribution in [0, 0.1) is 11.3 Å². The van der Waals surface area contributed by atoms with E-state index in [0.29, 0.717) is 6.54 Å². The van der Waals surface area contributed by atoms with Gasteiger partial charge in [-0.3, -0.25) is 5.32 Å². The number of nitrogens with one attached hydrogen (secondary N) is 1. The highest BCUT2D eigenvalue weighted by atomic mass is 16.3. The lowest BCUT2D eigenvalue weighted by atomic mass is 10.2. The largest absolute Gasteiger partial charge is 0.392 e. The second kappa shape index (κ2) is 5.21. The molecule has 58 valence electrons. The van der Waals surface area contributed by atoms with Gasteiger partial charge in [0.1, 0.15) is 0 Å². The highest BCUT2D eigenvalue weighted by molar-refractivity contribution is 4.88. The van der Waals surface area contributed by atoms with Crippen LogP contribution in [0.25, 0.3) is 0 Å². The Kier molecular flexibility index (Phi) is 4.91. The predicted molar refractivity (Wildman–Crippen MR) is 39.4 cm³/mol. The monoisotopic (exact) mass is 142 g/mol. The van der Waals surface area contributed by atoms with Gasteiger partial charge >= 0.3 is 0 Å². The van der Waals surface area contributed by atoms with E-state index in [0.717, 1.165) is 6.42 Å². The number of rotatable bonds is 4. The average Bonchev–Trinajstić information content (AvgIpc) is 1.90. The van der Waals surface area contributed by atoms with Gasteiger partial charge in [-0.1, -0.05) is 6.92 Å². The van der Waals surface area contributed by atoms with Crippen LogP contribution in [0.4, 0.5) is 0 Å². The van der Waals surface area contributed by atoms with Gasteiger partial charge in [0.25, 0.3) is 0 Å². The van der Waals surface area contributed by atoms with Gasteiger partial charge in [0.2, 0.25) is 0 Å². The fourth-order valence-electron chi connectivity index (χ4n) is 0.594. The van der Waals surface area contributed by atoms with Gasteiger partial charge in [0, 0.05) is 6.54 Å². The number of aliphatic hydroxyl groups excluding tert-OH is 1. The quantitative estimate of drug-likeness (QED) is 0.592. The van der Waals surface area contributed by atoms with Crippen LogP contribution < -0.4 is 5.32 Å². The van der Waals surface area contributed by atoms with Crippen LogP contribution >= 0.6 is 0 Å². The zero-order valence-electron chi connectivity index (χ0n) is 6.46.